The second kappa shape index (κ2) is 6.37. The predicted octanol–water partition coefficient (Wildman–Crippen LogP) is 4.66. The van der Waals surface area contributed by atoms with E-state index < -0.39 is 0 Å². The first-order chi connectivity index (χ1) is 8.29. The summed E-state index contributed by atoms with van der Waals surface area (Å²) in [5, 5.41) is 0. The molecule has 0 aromatic rings. The van der Waals surface area contributed by atoms with Crippen LogP contribution in [0.25, 0.3) is 0 Å². The van der Waals surface area contributed by atoms with Crippen LogP contribution >= 0.6 is 0 Å². The van der Waals surface area contributed by atoms with Gasteiger partial charge in [-0.05, 0) is 25.2 Å². The van der Waals surface area contributed by atoms with Crippen molar-refractivity contribution in [3.8, 4) is 0 Å². The third kappa shape index (κ3) is 3.97. The largest absolute Gasteiger partial charge is 0.299 e. The molecular formula is C16H26O. The fraction of sp³-hybridized carbons (Fsp3) is 0.812. The lowest BCUT2D eigenvalue weighted by atomic mass is 9.88. The summed E-state index contributed by atoms with van der Waals surface area (Å²) in [6.45, 7) is 4.04. The summed E-state index contributed by atoms with van der Waals surface area (Å²) in [5.41, 5.74) is 1.33. The van der Waals surface area contributed by atoms with Crippen molar-refractivity contribution in [1.82, 2.24) is 0 Å². The summed E-state index contributed by atoms with van der Waals surface area (Å²) >= 11 is 0. The lowest BCUT2D eigenvalue weighted by Gasteiger charge is -2.15. The van der Waals surface area contributed by atoms with Gasteiger partial charge in [-0.15, -0.1) is 0 Å². The van der Waals surface area contributed by atoms with Crippen LogP contribution in [0.2, 0.25) is 0 Å². The topological polar surface area (TPSA) is 17.1 Å². The molecule has 0 aromatic heterocycles. The average molecular weight is 234 g/mol. The third-order valence-electron chi connectivity index (χ3n) is 4.43. The molecule has 2 fully saturated rings. The zero-order valence-electron chi connectivity index (χ0n) is 11.0. The van der Waals surface area contributed by atoms with Crippen LogP contribution in [-0.4, -0.2) is 5.78 Å². The molecule has 96 valence electrons. The minimum absolute atomic E-state index is 0.335. The Hall–Kier alpha value is -0.590. The lowest BCUT2D eigenvalue weighted by Crippen LogP contribution is -2.17. The first-order valence-corrected chi connectivity index (χ1v) is 7.49. The van der Waals surface area contributed by atoms with Crippen molar-refractivity contribution in [1.29, 1.82) is 0 Å². The molecule has 2 rings (SSSR count). The number of carbonyl (C=O) groups is 1. The van der Waals surface area contributed by atoms with Crippen molar-refractivity contribution in [3.63, 3.8) is 0 Å². The highest BCUT2D eigenvalue weighted by Crippen LogP contribution is 2.45. The molecule has 0 N–H and O–H groups in total. The highest BCUT2D eigenvalue weighted by molar-refractivity contribution is 5.82. The molecule has 0 bridgehead atoms. The van der Waals surface area contributed by atoms with E-state index >= 15 is 0 Å². The fourth-order valence-corrected chi connectivity index (χ4v) is 3.15. The molecule has 0 aliphatic heterocycles. The van der Waals surface area contributed by atoms with Gasteiger partial charge in [0.2, 0.25) is 0 Å². The molecule has 2 aliphatic carbocycles. The molecule has 2 atom stereocenters. The first-order valence-electron chi connectivity index (χ1n) is 7.49. The van der Waals surface area contributed by atoms with Crippen molar-refractivity contribution < 1.29 is 4.79 Å². The van der Waals surface area contributed by atoms with E-state index in [1.54, 1.807) is 0 Å². The van der Waals surface area contributed by atoms with Gasteiger partial charge in [-0.1, -0.05) is 57.1 Å². The van der Waals surface area contributed by atoms with Gasteiger partial charge in [0.1, 0.15) is 5.78 Å². The zero-order chi connectivity index (χ0) is 12.1. The predicted molar refractivity (Wildman–Crippen MR) is 71.9 cm³/mol. The maximum absolute atomic E-state index is 12.2. The molecule has 2 unspecified atom stereocenters. The standard InChI is InChI=1S/C16H26O/c1-13-12-15(13)14-10-8-6-4-2-3-5-7-9-11-16(14)17/h14-15H,1-12H2. The van der Waals surface area contributed by atoms with Gasteiger partial charge in [0.15, 0.2) is 0 Å². The van der Waals surface area contributed by atoms with Crippen LogP contribution in [0.3, 0.4) is 0 Å². The number of Topliss-reactive ketones (excluding diaryl/α,β-unsaturated/α-hetero) is 1. The van der Waals surface area contributed by atoms with E-state index in [9.17, 15) is 4.79 Å². The highest BCUT2D eigenvalue weighted by atomic mass is 16.1. The highest BCUT2D eigenvalue weighted by Gasteiger charge is 2.38. The van der Waals surface area contributed by atoms with Crippen molar-refractivity contribution >= 4 is 5.78 Å². The van der Waals surface area contributed by atoms with Gasteiger partial charge < -0.3 is 0 Å². The molecule has 2 saturated carbocycles. The maximum Gasteiger partial charge on any atom is 0.136 e. The molecular weight excluding hydrogens is 208 g/mol. The van der Waals surface area contributed by atoms with E-state index in [2.05, 4.69) is 6.58 Å². The van der Waals surface area contributed by atoms with Gasteiger partial charge in [0, 0.05) is 12.3 Å². The van der Waals surface area contributed by atoms with Gasteiger partial charge in [0.25, 0.3) is 0 Å². The number of ketones is 1. The van der Waals surface area contributed by atoms with E-state index in [4.69, 9.17) is 0 Å². The van der Waals surface area contributed by atoms with Crippen molar-refractivity contribution in [2.24, 2.45) is 11.8 Å². The van der Waals surface area contributed by atoms with Crippen molar-refractivity contribution in [2.75, 3.05) is 0 Å². The maximum atomic E-state index is 12.2. The Morgan fingerprint density at radius 3 is 1.94 bits per heavy atom. The van der Waals surface area contributed by atoms with E-state index in [0.29, 0.717) is 17.6 Å². The molecule has 0 spiro atoms. The Kier molecular flexibility index (Phi) is 4.82. The summed E-state index contributed by atoms with van der Waals surface area (Å²) in [4.78, 5) is 12.2. The van der Waals surface area contributed by atoms with Crippen LogP contribution < -0.4 is 0 Å². The van der Waals surface area contributed by atoms with E-state index in [-0.39, 0.29) is 0 Å². The number of hydrogen-bond acceptors (Lipinski definition) is 1. The summed E-state index contributed by atoms with van der Waals surface area (Å²) in [6.07, 6.45) is 13.5. The van der Waals surface area contributed by atoms with Crippen LogP contribution in [0.4, 0.5) is 0 Å². The summed E-state index contributed by atoms with van der Waals surface area (Å²) in [7, 11) is 0. The quantitative estimate of drug-likeness (QED) is 0.603. The fourth-order valence-electron chi connectivity index (χ4n) is 3.15. The molecule has 0 amide bonds. The summed E-state index contributed by atoms with van der Waals surface area (Å²) in [5.74, 6) is 1.43. The van der Waals surface area contributed by atoms with Crippen LogP contribution in [0, 0.1) is 11.8 Å². The minimum atomic E-state index is 0.335. The molecule has 0 saturated heterocycles. The molecule has 1 heteroatoms. The third-order valence-corrected chi connectivity index (χ3v) is 4.43. The number of hydrogen-bond donors (Lipinski definition) is 0. The molecule has 0 heterocycles. The van der Waals surface area contributed by atoms with Crippen LogP contribution in [0.1, 0.15) is 70.6 Å². The Morgan fingerprint density at radius 2 is 1.35 bits per heavy atom. The Labute approximate surface area is 106 Å². The summed E-state index contributed by atoms with van der Waals surface area (Å²) < 4.78 is 0. The zero-order valence-corrected chi connectivity index (χ0v) is 11.0. The van der Waals surface area contributed by atoms with Crippen molar-refractivity contribution in [3.05, 3.63) is 12.2 Å². The Bertz CT molecular complexity index is 279. The van der Waals surface area contributed by atoms with Gasteiger partial charge in [0.05, 0.1) is 0 Å². The van der Waals surface area contributed by atoms with Crippen LogP contribution in [-0.2, 0) is 4.79 Å². The Balaban J connectivity index is 1.86. The van der Waals surface area contributed by atoms with Gasteiger partial charge in [-0.25, -0.2) is 0 Å². The number of allylic oxidation sites excluding steroid dienone is 1. The second-order valence-electron chi connectivity index (χ2n) is 5.91. The van der Waals surface area contributed by atoms with Crippen LogP contribution in [0.5, 0.6) is 0 Å². The lowest BCUT2D eigenvalue weighted by molar-refractivity contribution is -0.123. The Morgan fingerprint density at radius 1 is 0.824 bits per heavy atom. The van der Waals surface area contributed by atoms with Gasteiger partial charge in [-0.3, -0.25) is 4.79 Å². The van der Waals surface area contributed by atoms with E-state index in [0.717, 1.165) is 25.7 Å². The normalized spacial score (nSPS) is 32.7. The molecule has 17 heavy (non-hydrogen) atoms. The first kappa shape index (κ1) is 12.9. The minimum Gasteiger partial charge on any atom is -0.299 e. The van der Waals surface area contributed by atoms with Crippen LogP contribution in [0.15, 0.2) is 12.2 Å². The number of carbonyl (C=O) groups excluding carboxylic acids is 1. The second-order valence-corrected chi connectivity index (χ2v) is 5.91. The summed E-state index contributed by atoms with van der Waals surface area (Å²) in [6, 6.07) is 0. The van der Waals surface area contributed by atoms with Crippen molar-refractivity contribution in [2.45, 2.75) is 70.6 Å². The molecule has 1 nitrogen and oxygen atoms in total. The van der Waals surface area contributed by atoms with Gasteiger partial charge in [-0.2, -0.15) is 0 Å². The monoisotopic (exact) mass is 234 g/mol. The average Bonchev–Trinajstić information content (AvgIpc) is 3.00. The SMILES string of the molecule is C=C1CC1C1CCCCCCCCCCC1=O. The van der Waals surface area contributed by atoms with Gasteiger partial charge >= 0.3 is 0 Å². The molecule has 2 aliphatic rings. The smallest absolute Gasteiger partial charge is 0.136 e. The van der Waals surface area contributed by atoms with E-state index in [1.807, 2.05) is 0 Å². The molecule has 0 radical (unpaired) electrons. The van der Waals surface area contributed by atoms with E-state index in [1.165, 1.54) is 50.5 Å². The number of rotatable bonds is 1. The molecule has 0 aromatic carbocycles.